The van der Waals surface area contributed by atoms with Crippen molar-refractivity contribution in [3.8, 4) is 0 Å². The summed E-state index contributed by atoms with van der Waals surface area (Å²) in [6.07, 6.45) is -4.47. The van der Waals surface area contributed by atoms with Gasteiger partial charge in [0.2, 0.25) is 31.9 Å². The summed E-state index contributed by atoms with van der Waals surface area (Å²) in [5.74, 6) is -1.97. The number of esters is 1. The smallest absolute Gasteiger partial charge is 0.416 e. The fourth-order valence-corrected chi connectivity index (χ4v) is 11.9. The molecular formula is C55H58F6N10O10S2. The van der Waals surface area contributed by atoms with Gasteiger partial charge in [-0.15, -0.1) is 0 Å². The Labute approximate surface area is 474 Å². The van der Waals surface area contributed by atoms with Gasteiger partial charge in [0, 0.05) is 52.4 Å². The lowest BCUT2D eigenvalue weighted by Crippen LogP contribution is -2.60. The van der Waals surface area contributed by atoms with Crippen LogP contribution in [0.4, 0.5) is 38.0 Å². The van der Waals surface area contributed by atoms with E-state index in [1.54, 1.807) is 9.80 Å². The number of carboxylic acids is 1. The first-order chi connectivity index (χ1) is 39.1. The summed E-state index contributed by atoms with van der Waals surface area (Å²) in [5, 5.41) is 14.6. The lowest BCUT2D eigenvalue weighted by molar-refractivity contribution is -0.138. The first kappa shape index (κ1) is 62.5. The van der Waals surface area contributed by atoms with Crippen LogP contribution in [0.3, 0.4) is 0 Å². The number of hydrogen-bond donors (Lipinski definition) is 3. The third kappa shape index (κ3) is 15.3. The molecule has 0 spiro atoms. The monoisotopic (exact) mass is 1200 g/mol. The summed E-state index contributed by atoms with van der Waals surface area (Å²) in [4.78, 5) is 68.4. The molecule has 2 saturated heterocycles. The molecule has 28 heteroatoms. The summed E-state index contributed by atoms with van der Waals surface area (Å²) in [5.41, 5.74) is 1.55. The van der Waals surface area contributed by atoms with Gasteiger partial charge in [0.25, 0.3) is 0 Å². The zero-order chi connectivity index (χ0) is 60.6. The van der Waals surface area contributed by atoms with Gasteiger partial charge in [-0.1, -0.05) is 76.2 Å². The number of carbonyl (C=O) groups is 4. The Morgan fingerprint density at radius 3 is 1.22 bits per heavy atom. The van der Waals surface area contributed by atoms with Gasteiger partial charge in [-0.2, -0.15) is 35.0 Å². The molecule has 2 fully saturated rings. The standard InChI is InChI=1S/C28H30F3N5O5S.C27H28F3N5O5S/c1-18(2)20-6-4-19(5-7-20)14-34-26(37)24-17-35(25-16-32-23(15-33-25)27(38)41-3)12-13-36(24)42(39,40)22-10-8-21(9-11-22)28(29,30)31;1-17(2)19-5-3-18(4-6-19)13-33-25(36)23-16-34(24-15-31-22(14-32-24)26(37)38)11-12-35(23)41(39,40)21-9-7-20(8-10-21)27(28,29)30/h4-11,15-16,18,24H,12-14,17H2,1-3H3,(H,34,37);3-10,14-15,17,23H,11-13,16H2,1-2H3,(H,33,36)(H,37,38)/t24-;23-/m11/s1. The largest absolute Gasteiger partial charge is 0.476 e. The lowest BCUT2D eigenvalue weighted by atomic mass is 10.0. The molecule has 0 unspecified atom stereocenters. The third-order valence-electron chi connectivity index (χ3n) is 13.6. The fraction of sp³-hybridized carbons (Fsp3) is 0.345. The minimum Gasteiger partial charge on any atom is -0.476 e. The van der Waals surface area contributed by atoms with Crippen LogP contribution in [0.25, 0.3) is 0 Å². The summed E-state index contributed by atoms with van der Waals surface area (Å²) in [6.45, 7) is 8.03. The summed E-state index contributed by atoms with van der Waals surface area (Å²) < 4.78 is 139. The number of hydrogen-bond acceptors (Lipinski definition) is 15. The second-order valence-electron chi connectivity index (χ2n) is 19.7. The van der Waals surface area contributed by atoms with Gasteiger partial charge in [-0.05, 0) is 82.6 Å². The number of halogens is 6. The van der Waals surface area contributed by atoms with Gasteiger partial charge in [0.1, 0.15) is 23.7 Å². The number of nitrogens with zero attached hydrogens (tertiary/aromatic N) is 8. The number of aromatic nitrogens is 4. The topological polar surface area (TPSA) is 255 Å². The highest BCUT2D eigenvalue weighted by Crippen LogP contribution is 2.33. The van der Waals surface area contributed by atoms with Crippen molar-refractivity contribution in [2.75, 3.05) is 56.2 Å². The molecule has 0 saturated carbocycles. The van der Waals surface area contributed by atoms with Gasteiger partial charge in [-0.25, -0.2) is 46.4 Å². The number of ether oxygens (including phenoxy) is 1. The van der Waals surface area contributed by atoms with Crippen molar-refractivity contribution in [1.29, 1.82) is 0 Å². The van der Waals surface area contributed by atoms with Crippen LogP contribution in [-0.2, 0) is 59.8 Å². The van der Waals surface area contributed by atoms with Crippen LogP contribution in [0, 0.1) is 0 Å². The van der Waals surface area contributed by atoms with Gasteiger partial charge in [0.15, 0.2) is 11.4 Å². The van der Waals surface area contributed by atoms with E-state index >= 15 is 0 Å². The minimum absolute atomic E-state index is 0.0254. The molecule has 20 nitrogen and oxygen atoms in total. The molecule has 3 N–H and O–H groups in total. The maximum atomic E-state index is 13.6. The number of anilines is 2. The van der Waals surface area contributed by atoms with Crippen LogP contribution in [0.15, 0.2) is 132 Å². The quantitative estimate of drug-likeness (QED) is 0.0644. The molecular weight excluding hydrogens is 1140 g/mol. The molecule has 442 valence electrons. The Bertz CT molecular complexity index is 3470. The van der Waals surface area contributed by atoms with E-state index in [-0.39, 0.29) is 79.4 Å². The van der Waals surface area contributed by atoms with Crippen molar-refractivity contribution in [1.82, 2.24) is 39.2 Å². The summed E-state index contributed by atoms with van der Waals surface area (Å²) in [7, 11) is -7.53. The number of carbonyl (C=O) groups excluding carboxylic acids is 3. The number of piperazine rings is 2. The molecule has 2 aliphatic heterocycles. The average molecular weight is 1200 g/mol. The van der Waals surface area contributed by atoms with Crippen molar-refractivity contribution in [2.45, 2.75) is 86.8 Å². The van der Waals surface area contributed by atoms with E-state index < -0.39 is 79.4 Å². The number of amides is 2. The van der Waals surface area contributed by atoms with Crippen LogP contribution >= 0.6 is 0 Å². The Kier molecular flexibility index (Phi) is 19.6. The van der Waals surface area contributed by atoms with E-state index in [0.717, 1.165) is 61.3 Å². The second kappa shape index (κ2) is 26.0. The molecule has 2 aromatic heterocycles. The van der Waals surface area contributed by atoms with Crippen molar-refractivity contribution < 1.29 is 72.2 Å². The van der Waals surface area contributed by atoms with Crippen molar-refractivity contribution in [3.63, 3.8) is 0 Å². The van der Waals surface area contributed by atoms with E-state index in [9.17, 15) is 62.4 Å². The number of benzene rings is 4. The zero-order valence-electron chi connectivity index (χ0n) is 45.3. The normalized spacial score (nSPS) is 16.4. The van der Waals surface area contributed by atoms with Crippen LogP contribution in [0.2, 0.25) is 0 Å². The molecule has 8 rings (SSSR count). The van der Waals surface area contributed by atoms with Crippen LogP contribution in [0.1, 0.15) is 93.9 Å². The first-order valence-electron chi connectivity index (χ1n) is 25.6. The molecule has 4 heterocycles. The van der Waals surface area contributed by atoms with Crippen molar-refractivity contribution in [3.05, 3.63) is 167 Å². The average Bonchev–Trinajstić information content (AvgIpc) is 3.56. The highest BCUT2D eigenvalue weighted by atomic mass is 32.2. The van der Waals surface area contributed by atoms with Gasteiger partial charge in [-0.3, -0.25) is 9.59 Å². The van der Waals surface area contributed by atoms with Gasteiger partial charge >= 0.3 is 24.3 Å². The summed E-state index contributed by atoms with van der Waals surface area (Å²) >= 11 is 0. The van der Waals surface area contributed by atoms with Crippen molar-refractivity contribution in [2.24, 2.45) is 0 Å². The number of nitrogens with one attached hydrogen (secondary N) is 2. The number of alkyl halides is 6. The van der Waals surface area contributed by atoms with Gasteiger partial charge < -0.3 is 30.3 Å². The SMILES string of the molecule is CC(C)c1ccc(CNC(=O)[C@H]2CN(c3cnc(C(=O)O)cn3)CCN2S(=O)(=O)c2ccc(C(F)(F)F)cc2)cc1.COC(=O)c1cnc(N2CCN(S(=O)(=O)c3ccc(C(F)(F)F)cc3)[C@@H](C(=O)NCc3ccc(C(C)C)cc3)C2)cn1. The molecule has 6 aromatic rings. The maximum Gasteiger partial charge on any atom is 0.416 e. The number of rotatable bonds is 16. The number of aromatic carboxylic acids is 1. The van der Waals surface area contributed by atoms with E-state index in [2.05, 4.69) is 63.0 Å². The number of sulfonamides is 2. The molecule has 4 aromatic carbocycles. The highest BCUT2D eigenvalue weighted by molar-refractivity contribution is 7.89. The Balaban J connectivity index is 0.000000239. The first-order valence-corrected chi connectivity index (χ1v) is 28.5. The Morgan fingerprint density at radius 2 is 0.916 bits per heavy atom. The molecule has 2 atom stereocenters. The van der Waals surface area contributed by atoms with Crippen molar-refractivity contribution >= 4 is 55.4 Å². The van der Waals surface area contributed by atoms with E-state index in [1.807, 2.05) is 48.5 Å². The van der Waals surface area contributed by atoms with E-state index in [1.165, 1.54) is 25.7 Å². The molecule has 2 aliphatic rings. The van der Waals surface area contributed by atoms with E-state index in [4.69, 9.17) is 5.11 Å². The zero-order valence-corrected chi connectivity index (χ0v) is 46.9. The maximum absolute atomic E-state index is 13.6. The molecule has 0 bridgehead atoms. The van der Waals surface area contributed by atoms with Crippen LogP contribution in [0.5, 0.6) is 0 Å². The number of methoxy groups -OCH3 is 1. The molecule has 0 aliphatic carbocycles. The Morgan fingerprint density at radius 1 is 0.554 bits per heavy atom. The van der Waals surface area contributed by atoms with Gasteiger partial charge in [0.05, 0.1) is 52.8 Å². The second-order valence-corrected chi connectivity index (χ2v) is 23.5. The van der Waals surface area contributed by atoms with Crippen LogP contribution in [-0.4, -0.2) is 133 Å². The fourth-order valence-electron chi connectivity index (χ4n) is 8.80. The summed E-state index contributed by atoms with van der Waals surface area (Å²) in [6, 6.07) is 19.0. The predicted octanol–water partition coefficient (Wildman–Crippen LogP) is 7.11. The highest BCUT2D eigenvalue weighted by Gasteiger charge is 2.43. The minimum atomic E-state index is -4.64. The molecule has 83 heavy (non-hydrogen) atoms. The van der Waals surface area contributed by atoms with Crippen LogP contribution < -0.4 is 20.4 Å². The Hall–Kier alpha value is -8.08. The predicted molar refractivity (Wildman–Crippen MR) is 290 cm³/mol. The number of carboxylic acid groups (broad SMARTS) is 1. The third-order valence-corrected chi connectivity index (χ3v) is 17.5. The van der Waals surface area contributed by atoms with E-state index in [0.29, 0.717) is 41.9 Å². The molecule has 2 amide bonds. The lowest BCUT2D eigenvalue weighted by Gasteiger charge is -2.40. The molecule has 0 radical (unpaired) electrons.